The second kappa shape index (κ2) is 35.6. The van der Waals surface area contributed by atoms with Crippen molar-refractivity contribution in [2.75, 3.05) is 32.8 Å². The Bertz CT molecular complexity index is 784. The zero-order chi connectivity index (χ0) is 37.8. The van der Waals surface area contributed by atoms with Crippen molar-refractivity contribution in [1.29, 1.82) is 0 Å². The number of carbonyl (C=O) groups is 2. The first-order chi connectivity index (χ1) is 25.5. The van der Waals surface area contributed by atoms with E-state index in [1.807, 2.05) is 0 Å². The predicted octanol–water partition coefficient (Wildman–Crippen LogP) is 13.1. The minimum atomic E-state index is -0.0285. The van der Waals surface area contributed by atoms with Gasteiger partial charge >= 0.3 is 11.9 Å². The molecule has 52 heavy (non-hydrogen) atoms. The molecule has 0 bridgehead atoms. The van der Waals surface area contributed by atoms with E-state index in [1.54, 1.807) is 0 Å². The molecule has 308 valence electrons. The lowest BCUT2D eigenvalue weighted by molar-refractivity contribution is -0.150. The molecule has 0 saturated heterocycles. The number of hydrogen-bond donors (Lipinski definition) is 1. The molecule has 6 heteroatoms. The van der Waals surface area contributed by atoms with Crippen molar-refractivity contribution < 1.29 is 24.2 Å². The van der Waals surface area contributed by atoms with E-state index in [9.17, 15) is 14.7 Å². The SMILES string of the molecule is CCCCCCCCCOC(=O)CCCCCCCN(CCO)CCCCC1(CCC(=O)OC(CCCCCCCC)CCCCCCCC)CC1. The zero-order valence-corrected chi connectivity index (χ0v) is 35.2. The van der Waals surface area contributed by atoms with Gasteiger partial charge in [0.15, 0.2) is 0 Å². The van der Waals surface area contributed by atoms with E-state index >= 15 is 0 Å². The van der Waals surface area contributed by atoms with Crippen LogP contribution in [0.5, 0.6) is 0 Å². The minimum Gasteiger partial charge on any atom is -0.466 e. The average Bonchev–Trinajstić information content (AvgIpc) is 3.92. The highest BCUT2D eigenvalue weighted by Gasteiger charge is 2.41. The van der Waals surface area contributed by atoms with Crippen LogP contribution in [-0.4, -0.2) is 60.9 Å². The van der Waals surface area contributed by atoms with Crippen molar-refractivity contribution in [2.24, 2.45) is 5.41 Å². The molecule has 1 N–H and O–H groups in total. The highest BCUT2D eigenvalue weighted by molar-refractivity contribution is 5.69. The lowest BCUT2D eigenvalue weighted by Crippen LogP contribution is -2.29. The largest absolute Gasteiger partial charge is 0.466 e. The molecule has 0 aromatic heterocycles. The number of ether oxygens (including phenoxy) is 2. The molecule has 1 rings (SSSR count). The summed E-state index contributed by atoms with van der Waals surface area (Å²) in [6.45, 7) is 10.4. The fourth-order valence-electron chi connectivity index (χ4n) is 7.75. The molecule has 1 aliphatic rings. The normalized spacial score (nSPS) is 13.7. The third-order valence-corrected chi connectivity index (χ3v) is 11.6. The summed E-state index contributed by atoms with van der Waals surface area (Å²) in [4.78, 5) is 27.4. The molecule has 1 fully saturated rings. The summed E-state index contributed by atoms with van der Waals surface area (Å²) in [6.07, 6.45) is 40.0. The van der Waals surface area contributed by atoms with Crippen LogP contribution in [0.1, 0.15) is 239 Å². The van der Waals surface area contributed by atoms with Crippen LogP contribution in [0.15, 0.2) is 0 Å². The smallest absolute Gasteiger partial charge is 0.306 e. The maximum Gasteiger partial charge on any atom is 0.306 e. The monoisotopic (exact) mass is 736 g/mol. The van der Waals surface area contributed by atoms with Crippen molar-refractivity contribution in [1.82, 2.24) is 4.90 Å². The molecule has 6 nitrogen and oxygen atoms in total. The van der Waals surface area contributed by atoms with Gasteiger partial charge in [0.2, 0.25) is 0 Å². The number of esters is 2. The van der Waals surface area contributed by atoms with E-state index in [2.05, 4.69) is 25.7 Å². The number of rotatable bonds is 41. The van der Waals surface area contributed by atoms with Crippen LogP contribution in [0.3, 0.4) is 0 Å². The Labute approximate surface area is 323 Å². The number of hydrogen-bond acceptors (Lipinski definition) is 6. The molecule has 0 radical (unpaired) electrons. The van der Waals surface area contributed by atoms with Crippen LogP contribution in [0.4, 0.5) is 0 Å². The van der Waals surface area contributed by atoms with Gasteiger partial charge in [0, 0.05) is 19.4 Å². The van der Waals surface area contributed by atoms with E-state index in [-0.39, 0.29) is 24.6 Å². The summed E-state index contributed by atoms with van der Waals surface area (Å²) >= 11 is 0. The first-order valence-corrected chi connectivity index (χ1v) is 23.2. The van der Waals surface area contributed by atoms with Gasteiger partial charge in [-0.15, -0.1) is 0 Å². The summed E-state index contributed by atoms with van der Waals surface area (Å²) in [5.74, 6) is 0.0142. The number of nitrogens with zero attached hydrogens (tertiary/aromatic N) is 1. The first kappa shape index (κ1) is 48.9. The Balaban J connectivity index is 2.18. The highest BCUT2D eigenvalue weighted by Crippen LogP contribution is 2.53. The predicted molar refractivity (Wildman–Crippen MR) is 221 cm³/mol. The van der Waals surface area contributed by atoms with Crippen molar-refractivity contribution in [3.8, 4) is 0 Å². The molecular weight excluding hydrogens is 647 g/mol. The van der Waals surface area contributed by atoms with Gasteiger partial charge in [0.05, 0.1) is 13.2 Å². The van der Waals surface area contributed by atoms with Crippen LogP contribution in [0.2, 0.25) is 0 Å². The fraction of sp³-hybridized carbons (Fsp3) is 0.957. The molecule has 1 aliphatic carbocycles. The number of unbranched alkanes of at least 4 members (excludes halogenated alkanes) is 21. The van der Waals surface area contributed by atoms with Gasteiger partial charge in [0.1, 0.15) is 6.10 Å². The lowest BCUT2D eigenvalue weighted by Gasteiger charge is -2.22. The molecule has 0 aliphatic heterocycles. The second-order valence-corrected chi connectivity index (χ2v) is 16.6. The Morgan fingerprint density at radius 3 is 1.56 bits per heavy atom. The van der Waals surface area contributed by atoms with Crippen LogP contribution >= 0.6 is 0 Å². The summed E-state index contributed by atoms with van der Waals surface area (Å²) in [5, 5.41) is 9.63. The van der Waals surface area contributed by atoms with E-state index < -0.39 is 0 Å². The maximum absolute atomic E-state index is 13.0. The second-order valence-electron chi connectivity index (χ2n) is 16.6. The summed E-state index contributed by atoms with van der Waals surface area (Å²) in [7, 11) is 0. The minimum absolute atomic E-state index is 0.0285. The fourth-order valence-corrected chi connectivity index (χ4v) is 7.75. The van der Waals surface area contributed by atoms with Crippen molar-refractivity contribution in [3.63, 3.8) is 0 Å². The first-order valence-electron chi connectivity index (χ1n) is 23.2. The summed E-state index contributed by atoms with van der Waals surface area (Å²) in [5.41, 5.74) is 0.370. The van der Waals surface area contributed by atoms with E-state index in [0.717, 1.165) is 77.4 Å². The van der Waals surface area contributed by atoms with Crippen LogP contribution in [0.25, 0.3) is 0 Å². The van der Waals surface area contributed by atoms with E-state index in [0.29, 0.717) is 24.9 Å². The molecule has 0 unspecified atom stereocenters. The van der Waals surface area contributed by atoms with Crippen molar-refractivity contribution in [2.45, 2.75) is 245 Å². The van der Waals surface area contributed by atoms with Gasteiger partial charge in [-0.3, -0.25) is 9.59 Å². The quantitative estimate of drug-likeness (QED) is 0.0498. The van der Waals surface area contributed by atoms with Gasteiger partial charge in [-0.1, -0.05) is 149 Å². The van der Waals surface area contributed by atoms with Gasteiger partial charge in [-0.05, 0) is 95.6 Å². The molecule has 0 atom stereocenters. The van der Waals surface area contributed by atoms with E-state index in [4.69, 9.17) is 9.47 Å². The summed E-state index contributed by atoms with van der Waals surface area (Å²) in [6, 6.07) is 0. The lowest BCUT2D eigenvalue weighted by atomic mass is 9.93. The zero-order valence-electron chi connectivity index (χ0n) is 35.2. The van der Waals surface area contributed by atoms with Crippen molar-refractivity contribution in [3.05, 3.63) is 0 Å². The Hall–Kier alpha value is -1.14. The van der Waals surface area contributed by atoms with Gasteiger partial charge in [-0.25, -0.2) is 0 Å². The summed E-state index contributed by atoms with van der Waals surface area (Å²) < 4.78 is 11.6. The Kier molecular flexibility index (Phi) is 33.4. The van der Waals surface area contributed by atoms with Gasteiger partial charge in [0.25, 0.3) is 0 Å². The molecule has 0 aromatic carbocycles. The topological polar surface area (TPSA) is 76.1 Å². The number of aliphatic hydroxyl groups is 1. The Morgan fingerprint density at radius 2 is 1.02 bits per heavy atom. The van der Waals surface area contributed by atoms with E-state index in [1.165, 1.54) is 148 Å². The molecule has 0 amide bonds. The van der Waals surface area contributed by atoms with Gasteiger partial charge in [-0.2, -0.15) is 0 Å². The standard InChI is InChI=1S/C46H89NO5/c1-4-7-10-13-16-22-29-42-51-44(49)32-25-20-17-21-27-38-47(40-41-48)39-28-26-34-46(36-37-46)35-33-45(50)52-43(30-23-18-14-11-8-5-2)31-24-19-15-12-9-6-3/h43,48H,4-42H2,1-3H3. The third kappa shape index (κ3) is 30.2. The van der Waals surface area contributed by atoms with Crippen LogP contribution < -0.4 is 0 Å². The highest BCUT2D eigenvalue weighted by atomic mass is 16.5. The number of aliphatic hydroxyl groups excluding tert-OH is 1. The number of carbonyl (C=O) groups excluding carboxylic acids is 2. The average molecular weight is 736 g/mol. The molecule has 0 spiro atoms. The van der Waals surface area contributed by atoms with Crippen LogP contribution in [-0.2, 0) is 19.1 Å². The molecule has 0 aromatic rings. The molecule has 0 heterocycles. The van der Waals surface area contributed by atoms with Crippen molar-refractivity contribution >= 4 is 11.9 Å². The third-order valence-electron chi connectivity index (χ3n) is 11.6. The Morgan fingerprint density at radius 1 is 0.538 bits per heavy atom. The van der Waals surface area contributed by atoms with Gasteiger partial charge < -0.3 is 19.5 Å². The molecular formula is C46H89NO5. The van der Waals surface area contributed by atoms with Crippen LogP contribution in [0, 0.1) is 5.41 Å². The maximum atomic E-state index is 13.0. The molecule has 1 saturated carbocycles.